The van der Waals surface area contributed by atoms with Gasteiger partial charge in [-0.15, -0.1) is 0 Å². The van der Waals surface area contributed by atoms with Gasteiger partial charge in [0.25, 0.3) is 5.91 Å². The summed E-state index contributed by atoms with van der Waals surface area (Å²) in [5.74, 6) is -0.0327. The van der Waals surface area contributed by atoms with E-state index in [1.54, 1.807) is 0 Å². The molecule has 0 radical (unpaired) electrons. The number of carbonyl (C=O) groups excluding carboxylic acids is 1. The van der Waals surface area contributed by atoms with Crippen molar-refractivity contribution in [1.29, 1.82) is 0 Å². The molecule has 0 aliphatic carbocycles. The van der Waals surface area contributed by atoms with Crippen molar-refractivity contribution < 1.29 is 4.79 Å². The van der Waals surface area contributed by atoms with Gasteiger partial charge < -0.3 is 15.1 Å². The molecule has 0 bridgehead atoms. The van der Waals surface area contributed by atoms with Gasteiger partial charge >= 0.3 is 0 Å². The van der Waals surface area contributed by atoms with Crippen molar-refractivity contribution in [3.63, 3.8) is 0 Å². The SMILES string of the molecule is CCN(CC)CCN1c2ccccc2C(=O)N[C@H]1c1ccc(Cl)cc1. The summed E-state index contributed by atoms with van der Waals surface area (Å²) in [4.78, 5) is 17.2. The summed E-state index contributed by atoms with van der Waals surface area (Å²) in [7, 11) is 0. The summed E-state index contributed by atoms with van der Waals surface area (Å²) in [5.41, 5.74) is 2.75. The number of para-hydroxylation sites is 1. The Morgan fingerprint density at radius 2 is 1.76 bits per heavy atom. The number of hydrogen-bond donors (Lipinski definition) is 1. The quantitative estimate of drug-likeness (QED) is 0.850. The Balaban J connectivity index is 1.94. The van der Waals surface area contributed by atoms with Crippen LogP contribution >= 0.6 is 11.6 Å². The van der Waals surface area contributed by atoms with Crippen LogP contribution in [0, 0.1) is 0 Å². The predicted octanol–water partition coefficient (Wildman–Crippen LogP) is 3.93. The number of amides is 1. The molecule has 0 aromatic heterocycles. The van der Waals surface area contributed by atoms with Crippen LogP contribution in [-0.2, 0) is 0 Å². The van der Waals surface area contributed by atoms with Crippen LogP contribution in [0.25, 0.3) is 0 Å². The molecule has 0 fully saturated rings. The van der Waals surface area contributed by atoms with Gasteiger partial charge in [0.05, 0.1) is 11.3 Å². The second-order valence-electron chi connectivity index (χ2n) is 6.16. The first-order valence-corrected chi connectivity index (χ1v) is 9.16. The molecule has 0 saturated heterocycles. The summed E-state index contributed by atoms with van der Waals surface area (Å²) in [6.07, 6.45) is -0.185. The highest BCUT2D eigenvalue weighted by molar-refractivity contribution is 6.30. The fourth-order valence-corrected chi connectivity index (χ4v) is 3.41. The lowest BCUT2D eigenvalue weighted by Gasteiger charge is -2.40. The Labute approximate surface area is 154 Å². The van der Waals surface area contributed by atoms with E-state index in [-0.39, 0.29) is 12.1 Å². The Bertz CT molecular complexity index is 728. The number of likely N-dealkylation sites (N-methyl/N-ethyl adjacent to an activating group) is 1. The smallest absolute Gasteiger partial charge is 0.255 e. The van der Waals surface area contributed by atoms with Gasteiger partial charge in [-0.3, -0.25) is 4.79 Å². The zero-order chi connectivity index (χ0) is 17.8. The minimum Gasteiger partial charge on any atom is -0.345 e. The maximum absolute atomic E-state index is 12.6. The fraction of sp³-hybridized carbons (Fsp3) is 0.350. The van der Waals surface area contributed by atoms with E-state index in [1.807, 2.05) is 48.5 Å². The van der Waals surface area contributed by atoms with E-state index in [0.717, 1.165) is 43.0 Å². The van der Waals surface area contributed by atoms with E-state index in [2.05, 4.69) is 29.0 Å². The lowest BCUT2D eigenvalue weighted by atomic mass is 10.0. The first-order valence-electron chi connectivity index (χ1n) is 8.78. The number of nitrogens with one attached hydrogen (secondary N) is 1. The number of benzene rings is 2. The van der Waals surface area contributed by atoms with Crippen molar-refractivity contribution in [1.82, 2.24) is 10.2 Å². The van der Waals surface area contributed by atoms with Crippen molar-refractivity contribution in [2.24, 2.45) is 0 Å². The van der Waals surface area contributed by atoms with Crippen molar-refractivity contribution in [3.8, 4) is 0 Å². The third kappa shape index (κ3) is 3.80. The number of carbonyl (C=O) groups is 1. The average Bonchev–Trinajstić information content (AvgIpc) is 2.64. The van der Waals surface area contributed by atoms with Gasteiger partial charge in [0.2, 0.25) is 0 Å². The van der Waals surface area contributed by atoms with Crippen LogP contribution in [0.15, 0.2) is 48.5 Å². The molecule has 0 unspecified atom stereocenters. The van der Waals surface area contributed by atoms with E-state index in [0.29, 0.717) is 5.02 Å². The molecule has 4 nitrogen and oxygen atoms in total. The van der Waals surface area contributed by atoms with Crippen LogP contribution in [0.5, 0.6) is 0 Å². The Morgan fingerprint density at radius 3 is 2.44 bits per heavy atom. The highest BCUT2D eigenvalue weighted by atomic mass is 35.5. The maximum atomic E-state index is 12.6. The van der Waals surface area contributed by atoms with Gasteiger partial charge in [-0.25, -0.2) is 0 Å². The van der Waals surface area contributed by atoms with E-state index >= 15 is 0 Å². The molecular weight excluding hydrogens is 334 g/mol. The topological polar surface area (TPSA) is 35.6 Å². The number of hydrogen-bond acceptors (Lipinski definition) is 3. The van der Waals surface area contributed by atoms with Crippen molar-refractivity contribution in [3.05, 3.63) is 64.7 Å². The Hall–Kier alpha value is -2.04. The van der Waals surface area contributed by atoms with Gasteiger partial charge in [-0.05, 0) is 42.9 Å². The maximum Gasteiger partial charge on any atom is 0.255 e. The molecular formula is C20H24ClN3O. The van der Waals surface area contributed by atoms with Crippen LogP contribution in [0.4, 0.5) is 5.69 Å². The van der Waals surface area contributed by atoms with E-state index in [9.17, 15) is 4.79 Å². The molecule has 25 heavy (non-hydrogen) atoms. The van der Waals surface area contributed by atoms with Crippen LogP contribution in [-0.4, -0.2) is 37.0 Å². The minimum atomic E-state index is -0.185. The first-order chi connectivity index (χ1) is 12.1. The summed E-state index contributed by atoms with van der Waals surface area (Å²) in [5, 5.41) is 3.84. The van der Waals surface area contributed by atoms with E-state index < -0.39 is 0 Å². The zero-order valence-electron chi connectivity index (χ0n) is 14.7. The van der Waals surface area contributed by atoms with Gasteiger partial charge in [-0.1, -0.05) is 49.7 Å². The lowest BCUT2D eigenvalue weighted by molar-refractivity contribution is 0.0925. The highest BCUT2D eigenvalue weighted by Crippen LogP contribution is 2.33. The van der Waals surface area contributed by atoms with Crippen LogP contribution in [0.1, 0.15) is 35.9 Å². The zero-order valence-corrected chi connectivity index (χ0v) is 15.5. The lowest BCUT2D eigenvalue weighted by Crippen LogP contribution is -2.49. The fourth-order valence-electron chi connectivity index (χ4n) is 3.28. The van der Waals surface area contributed by atoms with Crippen molar-refractivity contribution in [2.45, 2.75) is 20.0 Å². The number of halogens is 1. The monoisotopic (exact) mass is 357 g/mol. The van der Waals surface area contributed by atoms with Crippen LogP contribution in [0.2, 0.25) is 5.02 Å². The normalized spacial score (nSPS) is 16.7. The third-order valence-corrected chi connectivity index (χ3v) is 5.03. The summed E-state index contributed by atoms with van der Waals surface area (Å²) < 4.78 is 0. The molecule has 0 saturated carbocycles. The predicted molar refractivity (Wildman–Crippen MR) is 103 cm³/mol. The van der Waals surface area contributed by atoms with Crippen LogP contribution < -0.4 is 10.2 Å². The first kappa shape index (κ1) is 17.8. The molecule has 132 valence electrons. The van der Waals surface area contributed by atoms with E-state index in [4.69, 9.17) is 11.6 Å². The van der Waals surface area contributed by atoms with Crippen molar-refractivity contribution in [2.75, 3.05) is 31.1 Å². The molecule has 1 aliphatic rings. The molecule has 1 heterocycles. The van der Waals surface area contributed by atoms with Gasteiger partial charge in [0, 0.05) is 18.1 Å². The van der Waals surface area contributed by atoms with Crippen molar-refractivity contribution >= 4 is 23.2 Å². The molecule has 0 spiro atoms. The number of anilines is 1. The molecule has 1 N–H and O–H groups in total. The van der Waals surface area contributed by atoms with E-state index in [1.165, 1.54) is 0 Å². The second-order valence-corrected chi connectivity index (χ2v) is 6.60. The Morgan fingerprint density at radius 1 is 1.08 bits per heavy atom. The number of rotatable bonds is 6. The summed E-state index contributed by atoms with van der Waals surface area (Å²) in [6.45, 7) is 8.17. The molecule has 1 aliphatic heterocycles. The number of fused-ring (bicyclic) bond motifs is 1. The van der Waals surface area contributed by atoms with Crippen LogP contribution in [0.3, 0.4) is 0 Å². The molecule has 1 atom stereocenters. The number of nitrogens with zero attached hydrogens (tertiary/aromatic N) is 2. The summed E-state index contributed by atoms with van der Waals surface area (Å²) in [6, 6.07) is 15.5. The second kappa shape index (κ2) is 7.89. The highest BCUT2D eigenvalue weighted by Gasteiger charge is 2.31. The average molecular weight is 358 g/mol. The molecule has 2 aromatic carbocycles. The van der Waals surface area contributed by atoms with Gasteiger partial charge in [0.15, 0.2) is 0 Å². The molecule has 2 aromatic rings. The standard InChI is InChI=1S/C20H24ClN3O/c1-3-23(4-2)13-14-24-18-8-6-5-7-17(18)20(25)22-19(24)15-9-11-16(21)12-10-15/h5-12,19H,3-4,13-14H2,1-2H3,(H,22,25)/t19-/m1/s1. The van der Waals surface area contributed by atoms with Gasteiger partial charge in [0.1, 0.15) is 6.17 Å². The third-order valence-electron chi connectivity index (χ3n) is 4.77. The molecule has 3 rings (SSSR count). The molecule has 1 amide bonds. The molecule has 5 heteroatoms. The summed E-state index contributed by atoms with van der Waals surface area (Å²) >= 11 is 6.03. The Kier molecular flexibility index (Phi) is 5.61. The minimum absolute atomic E-state index is 0.0327. The van der Waals surface area contributed by atoms with Gasteiger partial charge in [-0.2, -0.15) is 0 Å². The largest absolute Gasteiger partial charge is 0.345 e.